The van der Waals surface area contributed by atoms with Gasteiger partial charge in [0.15, 0.2) is 0 Å². The number of hydrogen-bond donors (Lipinski definition) is 2. The molecule has 0 unspecified atom stereocenters. The third-order valence-corrected chi connectivity index (χ3v) is 4.91. The molecule has 0 aliphatic rings. The van der Waals surface area contributed by atoms with Gasteiger partial charge in [-0.2, -0.15) is 0 Å². The molecule has 0 radical (unpaired) electrons. The Kier molecular flexibility index (Phi) is 7.55. The highest BCUT2D eigenvalue weighted by atomic mass is 79.9. The molecule has 0 aliphatic carbocycles. The summed E-state index contributed by atoms with van der Waals surface area (Å²) in [4.78, 5) is 23.4. The Labute approximate surface area is 145 Å². The molecule has 0 aliphatic heterocycles. The Balaban J connectivity index is 2.54. The second-order valence-electron chi connectivity index (χ2n) is 5.54. The number of nitrogens with one attached hydrogen (secondary N) is 1. The molecule has 1 aromatic rings. The quantitative estimate of drug-likeness (QED) is 0.682. The van der Waals surface area contributed by atoms with Gasteiger partial charge in [0.1, 0.15) is 5.75 Å². The van der Waals surface area contributed by atoms with E-state index in [2.05, 4.69) is 21.2 Å². The zero-order chi connectivity index (χ0) is 17.5. The summed E-state index contributed by atoms with van der Waals surface area (Å²) in [5, 5.41) is 12.1. The Morgan fingerprint density at radius 1 is 1.30 bits per heavy atom. The SMILES string of the molecule is CCC(CC)(CNC(=O)CCc1ccc(OC)c(Br)c1)C(=O)O. The third kappa shape index (κ3) is 5.23. The minimum Gasteiger partial charge on any atom is -0.496 e. The van der Waals surface area contributed by atoms with Crippen LogP contribution in [0.25, 0.3) is 0 Å². The molecule has 5 nitrogen and oxygen atoms in total. The Bertz CT molecular complexity index is 556. The van der Waals surface area contributed by atoms with Gasteiger partial charge in [0.2, 0.25) is 5.91 Å². The summed E-state index contributed by atoms with van der Waals surface area (Å²) in [5.74, 6) is -0.248. The summed E-state index contributed by atoms with van der Waals surface area (Å²) in [7, 11) is 1.60. The molecule has 128 valence electrons. The van der Waals surface area contributed by atoms with Crippen LogP contribution in [-0.4, -0.2) is 30.6 Å². The zero-order valence-electron chi connectivity index (χ0n) is 13.8. The van der Waals surface area contributed by atoms with E-state index >= 15 is 0 Å². The molecule has 0 fully saturated rings. The maximum Gasteiger partial charge on any atom is 0.311 e. The molecule has 0 saturated heterocycles. The van der Waals surface area contributed by atoms with Crippen molar-refractivity contribution in [3.8, 4) is 5.75 Å². The fourth-order valence-electron chi connectivity index (χ4n) is 2.36. The first kappa shape index (κ1) is 19.5. The number of halogens is 1. The summed E-state index contributed by atoms with van der Waals surface area (Å²) in [6.45, 7) is 3.83. The Morgan fingerprint density at radius 3 is 2.43 bits per heavy atom. The number of methoxy groups -OCH3 is 1. The maximum absolute atomic E-state index is 12.0. The molecular formula is C17H24BrNO4. The van der Waals surface area contributed by atoms with Gasteiger partial charge in [0, 0.05) is 13.0 Å². The number of amides is 1. The van der Waals surface area contributed by atoms with E-state index in [1.165, 1.54) is 0 Å². The van der Waals surface area contributed by atoms with E-state index in [1.54, 1.807) is 7.11 Å². The molecule has 0 saturated carbocycles. The van der Waals surface area contributed by atoms with E-state index in [9.17, 15) is 14.7 Å². The molecular weight excluding hydrogens is 362 g/mol. The van der Waals surface area contributed by atoms with Crippen LogP contribution in [0.5, 0.6) is 5.75 Å². The predicted molar refractivity (Wildman–Crippen MR) is 92.7 cm³/mol. The normalized spacial score (nSPS) is 11.1. The van der Waals surface area contributed by atoms with Gasteiger partial charge in [-0.15, -0.1) is 0 Å². The van der Waals surface area contributed by atoms with Crippen LogP contribution in [0.2, 0.25) is 0 Å². The van der Waals surface area contributed by atoms with Crippen molar-refractivity contribution in [1.82, 2.24) is 5.32 Å². The Morgan fingerprint density at radius 2 is 1.96 bits per heavy atom. The van der Waals surface area contributed by atoms with E-state index in [0.29, 0.717) is 25.7 Å². The highest BCUT2D eigenvalue weighted by Crippen LogP contribution is 2.27. The van der Waals surface area contributed by atoms with Crippen LogP contribution < -0.4 is 10.1 Å². The van der Waals surface area contributed by atoms with Crippen LogP contribution in [0.15, 0.2) is 22.7 Å². The van der Waals surface area contributed by atoms with E-state index in [4.69, 9.17) is 4.74 Å². The number of ether oxygens (including phenoxy) is 1. The van der Waals surface area contributed by atoms with Crippen molar-refractivity contribution < 1.29 is 19.4 Å². The van der Waals surface area contributed by atoms with Gasteiger partial charge in [-0.25, -0.2) is 0 Å². The van der Waals surface area contributed by atoms with Crippen LogP contribution in [0.4, 0.5) is 0 Å². The van der Waals surface area contributed by atoms with E-state index < -0.39 is 11.4 Å². The molecule has 0 atom stereocenters. The van der Waals surface area contributed by atoms with Crippen molar-refractivity contribution >= 4 is 27.8 Å². The summed E-state index contributed by atoms with van der Waals surface area (Å²) >= 11 is 3.41. The monoisotopic (exact) mass is 385 g/mol. The average Bonchev–Trinajstić information content (AvgIpc) is 2.54. The van der Waals surface area contributed by atoms with Gasteiger partial charge in [-0.3, -0.25) is 9.59 Å². The smallest absolute Gasteiger partial charge is 0.311 e. The number of benzene rings is 1. The lowest BCUT2D eigenvalue weighted by molar-refractivity contribution is -0.149. The first-order valence-electron chi connectivity index (χ1n) is 7.71. The van der Waals surface area contributed by atoms with Crippen molar-refractivity contribution in [1.29, 1.82) is 0 Å². The number of carbonyl (C=O) groups excluding carboxylic acids is 1. The Hall–Kier alpha value is -1.56. The molecule has 0 bridgehead atoms. The molecule has 0 aromatic heterocycles. The third-order valence-electron chi connectivity index (χ3n) is 4.29. The van der Waals surface area contributed by atoms with Crippen molar-refractivity contribution in [2.75, 3.05) is 13.7 Å². The summed E-state index contributed by atoms with van der Waals surface area (Å²) in [6.07, 6.45) is 1.89. The van der Waals surface area contributed by atoms with E-state index in [0.717, 1.165) is 15.8 Å². The second-order valence-corrected chi connectivity index (χ2v) is 6.39. The first-order valence-corrected chi connectivity index (χ1v) is 8.50. The molecule has 0 heterocycles. The van der Waals surface area contributed by atoms with E-state index in [1.807, 2.05) is 32.0 Å². The van der Waals surface area contributed by atoms with Gasteiger partial charge in [0.05, 0.1) is 17.0 Å². The first-order chi connectivity index (χ1) is 10.9. The van der Waals surface area contributed by atoms with Crippen molar-refractivity contribution in [2.24, 2.45) is 5.41 Å². The lowest BCUT2D eigenvalue weighted by Crippen LogP contribution is -2.42. The molecule has 1 rings (SSSR count). The standard InChI is InChI=1S/C17H24BrNO4/c1-4-17(5-2,16(21)22)11-19-15(20)9-7-12-6-8-14(23-3)13(18)10-12/h6,8,10H,4-5,7,9,11H2,1-3H3,(H,19,20)(H,21,22). The summed E-state index contributed by atoms with van der Waals surface area (Å²) in [5.41, 5.74) is 0.141. The van der Waals surface area contributed by atoms with Crippen LogP contribution in [0.1, 0.15) is 38.7 Å². The molecule has 2 N–H and O–H groups in total. The number of hydrogen-bond acceptors (Lipinski definition) is 3. The number of rotatable bonds is 9. The largest absolute Gasteiger partial charge is 0.496 e. The van der Waals surface area contributed by atoms with Crippen LogP contribution in [0.3, 0.4) is 0 Å². The minimum atomic E-state index is -0.876. The summed E-state index contributed by atoms with van der Waals surface area (Å²) in [6, 6.07) is 5.68. The van der Waals surface area contributed by atoms with Gasteiger partial charge in [0.25, 0.3) is 0 Å². The number of aliphatic carboxylic acids is 1. The average molecular weight is 386 g/mol. The van der Waals surface area contributed by atoms with Gasteiger partial charge in [-0.05, 0) is 52.9 Å². The highest BCUT2D eigenvalue weighted by Gasteiger charge is 2.34. The van der Waals surface area contributed by atoms with Gasteiger partial charge >= 0.3 is 5.97 Å². The van der Waals surface area contributed by atoms with Crippen molar-refractivity contribution in [3.63, 3.8) is 0 Å². The lowest BCUT2D eigenvalue weighted by atomic mass is 9.82. The topological polar surface area (TPSA) is 75.6 Å². The van der Waals surface area contributed by atoms with Crippen LogP contribution in [-0.2, 0) is 16.0 Å². The molecule has 0 spiro atoms. The molecule has 23 heavy (non-hydrogen) atoms. The zero-order valence-corrected chi connectivity index (χ0v) is 15.4. The van der Waals surface area contributed by atoms with Gasteiger partial charge in [-0.1, -0.05) is 19.9 Å². The molecule has 1 aromatic carbocycles. The minimum absolute atomic E-state index is 0.135. The van der Waals surface area contributed by atoms with E-state index in [-0.39, 0.29) is 12.5 Å². The highest BCUT2D eigenvalue weighted by molar-refractivity contribution is 9.10. The second kappa shape index (κ2) is 8.91. The fraction of sp³-hybridized carbons (Fsp3) is 0.529. The van der Waals surface area contributed by atoms with Crippen molar-refractivity contribution in [3.05, 3.63) is 28.2 Å². The fourth-order valence-corrected chi connectivity index (χ4v) is 2.95. The van der Waals surface area contributed by atoms with Gasteiger partial charge < -0.3 is 15.2 Å². The number of carboxylic acids is 1. The molecule has 6 heteroatoms. The summed E-state index contributed by atoms with van der Waals surface area (Å²) < 4.78 is 6.01. The van der Waals surface area contributed by atoms with Crippen molar-refractivity contribution in [2.45, 2.75) is 39.5 Å². The maximum atomic E-state index is 12.0. The lowest BCUT2D eigenvalue weighted by Gasteiger charge is -2.26. The van der Waals surface area contributed by atoms with Crippen LogP contribution >= 0.6 is 15.9 Å². The number of carbonyl (C=O) groups is 2. The van der Waals surface area contributed by atoms with Crippen LogP contribution in [0, 0.1) is 5.41 Å². The number of carboxylic acid groups (broad SMARTS) is 1. The predicted octanol–water partition coefficient (Wildman–Crippen LogP) is 3.40. The molecule has 1 amide bonds. The number of aryl methyl sites for hydroxylation is 1.